The molecule has 4 nitrogen and oxygen atoms in total. The third-order valence-electron chi connectivity index (χ3n) is 6.50. The summed E-state index contributed by atoms with van der Waals surface area (Å²) in [5.41, 5.74) is 4.81. The van der Waals surface area contributed by atoms with Crippen molar-refractivity contribution in [2.45, 2.75) is 45.4 Å². The molecule has 0 radical (unpaired) electrons. The van der Waals surface area contributed by atoms with Gasteiger partial charge < -0.3 is 10.4 Å². The van der Waals surface area contributed by atoms with Crippen molar-refractivity contribution in [3.8, 4) is 17.0 Å². The number of nitrogens with zero attached hydrogens (tertiary/aromatic N) is 2. The second kappa shape index (κ2) is 10.5. The summed E-state index contributed by atoms with van der Waals surface area (Å²) in [4.78, 5) is 9.31. The van der Waals surface area contributed by atoms with Crippen LogP contribution in [0.2, 0.25) is 0 Å². The van der Waals surface area contributed by atoms with Crippen LogP contribution in [0.25, 0.3) is 11.3 Å². The van der Waals surface area contributed by atoms with Gasteiger partial charge in [0.1, 0.15) is 11.6 Å². The van der Waals surface area contributed by atoms with E-state index in [1.165, 1.54) is 29.5 Å². The molecule has 2 heterocycles. The maximum atomic E-state index is 9.41. The molecule has 4 heteroatoms. The number of phenols is 1. The zero-order chi connectivity index (χ0) is 21.5. The van der Waals surface area contributed by atoms with Crippen LogP contribution in [0.4, 0.5) is 0 Å². The molecule has 3 aromatic rings. The highest BCUT2D eigenvalue weighted by Gasteiger charge is 2.20. The SMILES string of the molecule is C[C@@H]1CNCC[C@H]1CCc1cccc(-c2ccnc(CCCc3ccc(O)cc3)n2)c1. The van der Waals surface area contributed by atoms with E-state index >= 15 is 0 Å². The van der Waals surface area contributed by atoms with E-state index in [0.717, 1.165) is 62.1 Å². The third-order valence-corrected chi connectivity index (χ3v) is 6.50. The van der Waals surface area contributed by atoms with Crippen LogP contribution >= 0.6 is 0 Å². The minimum absolute atomic E-state index is 0.312. The lowest BCUT2D eigenvalue weighted by Gasteiger charge is -2.29. The predicted molar refractivity (Wildman–Crippen MR) is 126 cm³/mol. The Hall–Kier alpha value is -2.72. The lowest BCUT2D eigenvalue weighted by atomic mass is 9.83. The molecule has 31 heavy (non-hydrogen) atoms. The average molecular weight is 416 g/mol. The number of rotatable bonds is 8. The quantitative estimate of drug-likeness (QED) is 0.531. The van der Waals surface area contributed by atoms with E-state index < -0.39 is 0 Å². The molecule has 0 saturated carbocycles. The molecular formula is C27H33N3O. The van der Waals surface area contributed by atoms with Crippen molar-refractivity contribution in [1.82, 2.24) is 15.3 Å². The second-order valence-corrected chi connectivity index (χ2v) is 8.85. The summed E-state index contributed by atoms with van der Waals surface area (Å²) in [7, 11) is 0. The number of phenolic OH excluding ortho intramolecular Hbond substituents is 1. The number of nitrogens with one attached hydrogen (secondary N) is 1. The topological polar surface area (TPSA) is 58.0 Å². The second-order valence-electron chi connectivity index (χ2n) is 8.85. The smallest absolute Gasteiger partial charge is 0.128 e. The lowest BCUT2D eigenvalue weighted by molar-refractivity contribution is 0.259. The molecule has 0 spiro atoms. The Labute approximate surface area is 185 Å². The molecule has 1 fully saturated rings. The monoisotopic (exact) mass is 415 g/mol. The van der Waals surface area contributed by atoms with Crippen molar-refractivity contribution in [2.24, 2.45) is 11.8 Å². The van der Waals surface area contributed by atoms with Gasteiger partial charge in [0.2, 0.25) is 0 Å². The van der Waals surface area contributed by atoms with Crippen LogP contribution in [0.5, 0.6) is 5.75 Å². The van der Waals surface area contributed by atoms with Gasteiger partial charge >= 0.3 is 0 Å². The molecule has 162 valence electrons. The van der Waals surface area contributed by atoms with E-state index in [2.05, 4.69) is 41.5 Å². The highest BCUT2D eigenvalue weighted by atomic mass is 16.3. The standard InChI is InChI=1S/C27H33N3O/c1-20-19-28-16-14-23(20)11-8-22-5-2-6-24(18-22)26-15-17-29-27(30-26)7-3-4-21-9-12-25(31)13-10-21/h2,5-6,9-10,12-13,15,17-18,20,23,28,31H,3-4,7-8,11,14,16,19H2,1H3/t20-,23-/m1/s1. The van der Waals surface area contributed by atoms with Gasteiger partial charge in [-0.05, 0) is 92.4 Å². The lowest BCUT2D eigenvalue weighted by Crippen LogP contribution is -2.35. The Kier molecular flexibility index (Phi) is 7.31. The van der Waals surface area contributed by atoms with Crippen LogP contribution in [0.1, 0.15) is 43.1 Å². The molecule has 1 aliphatic rings. The van der Waals surface area contributed by atoms with E-state index in [1.54, 1.807) is 12.1 Å². The first-order valence-electron chi connectivity index (χ1n) is 11.6. The minimum atomic E-state index is 0.312. The number of aryl methyl sites for hydroxylation is 3. The first kappa shape index (κ1) is 21.5. The molecule has 1 aromatic heterocycles. The molecule has 0 unspecified atom stereocenters. The first-order chi connectivity index (χ1) is 15.2. The van der Waals surface area contributed by atoms with E-state index in [9.17, 15) is 5.11 Å². The summed E-state index contributed by atoms with van der Waals surface area (Å²) in [6, 6.07) is 18.3. The Morgan fingerprint density at radius 1 is 1.00 bits per heavy atom. The number of benzene rings is 2. The highest BCUT2D eigenvalue weighted by Crippen LogP contribution is 2.25. The van der Waals surface area contributed by atoms with Crippen molar-refractivity contribution in [3.63, 3.8) is 0 Å². The summed E-state index contributed by atoms with van der Waals surface area (Å²) in [5.74, 6) is 2.80. The van der Waals surface area contributed by atoms with Crippen LogP contribution in [-0.4, -0.2) is 28.2 Å². The number of piperidine rings is 1. The Bertz CT molecular complexity index is 970. The first-order valence-corrected chi connectivity index (χ1v) is 11.6. The van der Waals surface area contributed by atoms with Crippen molar-refractivity contribution < 1.29 is 5.11 Å². The van der Waals surface area contributed by atoms with Gasteiger partial charge in [0.15, 0.2) is 0 Å². The molecule has 1 aliphatic heterocycles. The van der Waals surface area contributed by atoms with Crippen LogP contribution in [0, 0.1) is 11.8 Å². The van der Waals surface area contributed by atoms with Crippen molar-refractivity contribution >= 4 is 0 Å². The predicted octanol–water partition coefficient (Wildman–Crippen LogP) is 5.20. The van der Waals surface area contributed by atoms with Gasteiger partial charge in [-0.1, -0.05) is 37.3 Å². The number of hydrogen-bond donors (Lipinski definition) is 2. The zero-order valence-electron chi connectivity index (χ0n) is 18.4. The molecular weight excluding hydrogens is 382 g/mol. The van der Waals surface area contributed by atoms with Crippen LogP contribution < -0.4 is 5.32 Å². The molecule has 1 saturated heterocycles. The largest absolute Gasteiger partial charge is 0.508 e. The van der Waals surface area contributed by atoms with E-state index in [1.807, 2.05) is 24.4 Å². The fourth-order valence-electron chi connectivity index (χ4n) is 4.53. The van der Waals surface area contributed by atoms with Crippen LogP contribution in [-0.2, 0) is 19.3 Å². The molecule has 0 amide bonds. The van der Waals surface area contributed by atoms with Gasteiger partial charge in [-0.25, -0.2) is 9.97 Å². The van der Waals surface area contributed by atoms with Gasteiger partial charge in [0.05, 0.1) is 5.69 Å². The van der Waals surface area contributed by atoms with Gasteiger partial charge in [-0.3, -0.25) is 0 Å². The van der Waals surface area contributed by atoms with Crippen molar-refractivity contribution in [2.75, 3.05) is 13.1 Å². The maximum absolute atomic E-state index is 9.41. The highest BCUT2D eigenvalue weighted by molar-refractivity contribution is 5.59. The summed E-state index contributed by atoms with van der Waals surface area (Å²) in [6.07, 6.45) is 8.36. The number of aromatic hydroxyl groups is 1. The minimum Gasteiger partial charge on any atom is -0.508 e. The van der Waals surface area contributed by atoms with Crippen molar-refractivity contribution in [1.29, 1.82) is 0 Å². The third kappa shape index (κ3) is 6.14. The Morgan fingerprint density at radius 3 is 2.71 bits per heavy atom. The fraction of sp³-hybridized carbons (Fsp3) is 0.407. The van der Waals surface area contributed by atoms with Crippen LogP contribution in [0.15, 0.2) is 60.8 Å². The number of aromatic nitrogens is 2. The fourth-order valence-corrected chi connectivity index (χ4v) is 4.53. The molecule has 0 aliphatic carbocycles. The molecule has 4 rings (SSSR count). The van der Waals surface area contributed by atoms with E-state index in [0.29, 0.717) is 5.75 Å². The molecule has 2 N–H and O–H groups in total. The Balaban J connectivity index is 1.35. The van der Waals surface area contributed by atoms with E-state index in [-0.39, 0.29) is 0 Å². The van der Waals surface area contributed by atoms with Gasteiger partial charge in [0, 0.05) is 18.2 Å². The zero-order valence-corrected chi connectivity index (χ0v) is 18.4. The van der Waals surface area contributed by atoms with Gasteiger partial charge in [-0.15, -0.1) is 0 Å². The summed E-state index contributed by atoms with van der Waals surface area (Å²) in [5, 5.41) is 12.9. The molecule has 2 atom stereocenters. The summed E-state index contributed by atoms with van der Waals surface area (Å²) >= 11 is 0. The van der Waals surface area contributed by atoms with Crippen molar-refractivity contribution in [3.05, 3.63) is 77.7 Å². The normalized spacial score (nSPS) is 18.7. The number of hydrogen-bond acceptors (Lipinski definition) is 4. The van der Waals surface area contributed by atoms with Crippen LogP contribution in [0.3, 0.4) is 0 Å². The summed E-state index contributed by atoms with van der Waals surface area (Å²) in [6.45, 7) is 4.68. The molecule has 2 aromatic carbocycles. The average Bonchev–Trinajstić information content (AvgIpc) is 2.80. The van der Waals surface area contributed by atoms with Gasteiger partial charge in [0.25, 0.3) is 0 Å². The molecule has 0 bridgehead atoms. The Morgan fingerprint density at radius 2 is 1.87 bits per heavy atom. The maximum Gasteiger partial charge on any atom is 0.128 e. The van der Waals surface area contributed by atoms with E-state index in [4.69, 9.17) is 4.98 Å². The summed E-state index contributed by atoms with van der Waals surface area (Å²) < 4.78 is 0. The van der Waals surface area contributed by atoms with Gasteiger partial charge in [-0.2, -0.15) is 0 Å².